The molecule has 1 aliphatic rings. The minimum Gasteiger partial charge on any atom is -0.457 e. The molecule has 30 heavy (non-hydrogen) atoms. The Bertz CT molecular complexity index is 1120. The Morgan fingerprint density at radius 2 is 1.40 bits per heavy atom. The van der Waals surface area contributed by atoms with Gasteiger partial charge in [-0.2, -0.15) is 0 Å². The molecule has 0 saturated carbocycles. The fourth-order valence-corrected chi connectivity index (χ4v) is 3.18. The molecule has 0 radical (unpaired) electrons. The van der Waals surface area contributed by atoms with E-state index in [2.05, 4.69) is 5.32 Å². The first-order valence-corrected chi connectivity index (χ1v) is 9.07. The maximum Gasteiger partial charge on any atom is 0.266 e. The summed E-state index contributed by atoms with van der Waals surface area (Å²) in [6, 6.07) is 18.8. The van der Waals surface area contributed by atoms with E-state index in [1.165, 1.54) is 19.1 Å². The molecule has 3 aromatic carbocycles. The molecule has 1 N–H and O–H groups in total. The number of nitrogens with one attached hydrogen (secondary N) is 1. The molecule has 3 aromatic rings. The van der Waals surface area contributed by atoms with Crippen molar-refractivity contribution in [2.75, 3.05) is 17.3 Å². The lowest BCUT2D eigenvalue weighted by Crippen LogP contribution is -2.29. The molecular weight excluding hydrogens is 380 g/mol. The van der Waals surface area contributed by atoms with Crippen molar-refractivity contribution in [1.82, 2.24) is 0 Å². The molecule has 4 rings (SSSR count). The number of Topliss-reactive ketones (excluding diaryl/α,β-unsaturated/α-hetero) is 1. The molecular formula is C24H22N2O4. The van der Waals surface area contributed by atoms with Gasteiger partial charge >= 0.3 is 0 Å². The van der Waals surface area contributed by atoms with Crippen LogP contribution in [-0.4, -0.2) is 24.6 Å². The van der Waals surface area contributed by atoms with Crippen molar-refractivity contribution < 1.29 is 19.1 Å². The minimum atomic E-state index is -0.440. The van der Waals surface area contributed by atoms with Crippen LogP contribution in [0, 0.1) is 0 Å². The van der Waals surface area contributed by atoms with Crippen molar-refractivity contribution in [2.45, 2.75) is 14.4 Å². The lowest BCUT2D eigenvalue weighted by molar-refractivity contribution is 0.0925. The molecule has 1 aliphatic heterocycles. The first kappa shape index (κ1) is 20.8. The number of fused-ring (bicyclic) bond motifs is 1. The third-order valence-electron chi connectivity index (χ3n) is 4.77. The van der Waals surface area contributed by atoms with Gasteiger partial charge in [0.2, 0.25) is 0 Å². The minimum absolute atomic E-state index is 0. The SMILES string of the molecule is C.CNc1ccc(Oc2ccc(N3C(=O)c4ccc(C(C)=O)cc4C3=O)cc2)cc1. The highest BCUT2D eigenvalue weighted by molar-refractivity contribution is 6.34. The van der Waals surface area contributed by atoms with E-state index < -0.39 is 11.8 Å². The Balaban J connectivity index is 0.00000256. The van der Waals surface area contributed by atoms with Gasteiger partial charge in [-0.3, -0.25) is 14.4 Å². The van der Waals surface area contributed by atoms with Gasteiger partial charge < -0.3 is 10.1 Å². The van der Waals surface area contributed by atoms with Crippen molar-refractivity contribution >= 4 is 29.0 Å². The highest BCUT2D eigenvalue weighted by Crippen LogP contribution is 2.31. The average molecular weight is 402 g/mol. The highest BCUT2D eigenvalue weighted by atomic mass is 16.5. The van der Waals surface area contributed by atoms with E-state index in [0.717, 1.165) is 10.6 Å². The Hall–Kier alpha value is -3.93. The average Bonchev–Trinajstić information content (AvgIpc) is 2.99. The zero-order chi connectivity index (χ0) is 20.5. The standard InChI is InChI=1S/C23H18N2O4.CH4/c1-14(26)15-3-12-20-21(13-15)23(28)25(22(20)27)17-6-10-19(11-7-17)29-18-8-4-16(24-2)5-9-18;/h3-13,24H,1-2H3;1H4. The maximum atomic E-state index is 12.8. The molecule has 0 bridgehead atoms. The molecule has 0 aromatic heterocycles. The van der Waals surface area contributed by atoms with E-state index in [1.54, 1.807) is 30.3 Å². The van der Waals surface area contributed by atoms with Crippen molar-refractivity contribution in [1.29, 1.82) is 0 Å². The van der Waals surface area contributed by atoms with E-state index in [0.29, 0.717) is 28.3 Å². The van der Waals surface area contributed by atoms with Crippen molar-refractivity contribution in [3.63, 3.8) is 0 Å². The number of carbonyl (C=O) groups is 3. The summed E-state index contributed by atoms with van der Waals surface area (Å²) in [6.45, 7) is 1.42. The second kappa shape index (κ2) is 8.21. The molecule has 0 atom stereocenters. The second-order valence-corrected chi connectivity index (χ2v) is 6.63. The predicted molar refractivity (Wildman–Crippen MR) is 117 cm³/mol. The first-order valence-electron chi connectivity index (χ1n) is 9.07. The summed E-state index contributed by atoms with van der Waals surface area (Å²) in [4.78, 5) is 38.2. The van der Waals surface area contributed by atoms with Crippen LogP contribution in [0.15, 0.2) is 66.7 Å². The Morgan fingerprint density at radius 1 is 0.833 bits per heavy atom. The number of anilines is 2. The zero-order valence-electron chi connectivity index (χ0n) is 15.9. The lowest BCUT2D eigenvalue weighted by atomic mass is 10.0. The van der Waals surface area contributed by atoms with Crippen LogP contribution in [0.4, 0.5) is 11.4 Å². The number of nitrogens with zero attached hydrogens (tertiary/aromatic N) is 1. The van der Waals surface area contributed by atoms with Crippen LogP contribution in [0.2, 0.25) is 0 Å². The van der Waals surface area contributed by atoms with Gasteiger partial charge in [0.05, 0.1) is 16.8 Å². The monoisotopic (exact) mass is 402 g/mol. The van der Waals surface area contributed by atoms with E-state index in [4.69, 9.17) is 4.74 Å². The summed E-state index contributed by atoms with van der Waals surface area (Å²) in [6.07, 6.45) is 0. The van der Waals surface area contributed by atoms with Gasteiger partial charge in [-0.15, -0.1) is 0 Å². The molecule has 0 fully saturated rings. The van der Waals surface area contributed by atoms with Crippen molar-refractivity contribution in [3.8, 4) is 11.5 Å². The third-order valence-corrected chi connectivity index (χ3v) is 4.77. The van der Waals surface area contributed by atoms with Gasteiger partial charge in [0, 0.05) is 18.3 Å². The van der Waals surface area contributed by atoms with Gasteiger partial charge in [0.1, 0.15) is 11.5 Å². The molecule has 2 amide bonds. The number of imide groups is 1. The fourth-order valence-electron chi connectivity index (χ4n) is 3.18. The number of carbonyl (C=O) groups excluding carboxylic acids is 3. The number of ketones is 1. The largest absolute Gasteiger partial charge is 0.457 e. The molecule has 152 valence electrons. The Labute approximate surface area is 175 Å². The quantitative estimate of drug-likeness (QED) is 0.471. The third kappa shape index (κ3) is 3.67. The predicted octanol–water partition coefficient (Wildman–Crippen LogP) is 5.16. The van der Waals surface area contributed by atoms with Crippen LogP contribution in [0.25, 0.3) is 0 Å². The number of hydrogen-bond acceptors (Lipinski definition) is 5. The maximum absolute atomic E-state index is 12.8. The molecule has 0 saturated heterocycles. The van der Waals surface area contributed by atoms with E-state index >= 15 is 0 Å². The van der Waals surface area contributed by atoms with Crippen LogP contribution in [0.1, 0.15) is 45.4 Å². The smallest absolute Gasteiger partial charge is 0.266 e. The van der Waals surface area contributed by atoms with E-state index in [-0.39, 0.29) is 18.8 Å². The second-order valence-electron chi connectivity index (χ2n) is 6.63. The molecule has 6 nitrogen and oxygen atoms in total. The summed E-state index contributed by atoms with van der Waals surface area (Å²) in [7, 11) is 1.84. The van der Waals surface area contributed by atoms with Crippen molar-refractivity contribution in [2.24, 2.45) is 0 Å². The van der Waals surface area contributed by atoms with Gasteiger partial charge in [-0.05, 0) is 67.6 Å². The molecule has 6 heteroatoms. The van der Waals surface area contributed by atoms with Crippen LogP contribution in [0.5, 0.6) is 11.5 Å². The number of hydrogen-bond donors (Lipinski definition) is 1. The van der Waals surface area contributed by atoms with Crippen LogP contribution >= 0.6 is 0 Å². The van der Waals surface area contributed by atoms with Crippen LogP contribution in [0.3, 0.4) is 0 Å². The van der Waals surface area contributed by atoms with Gasteiger partial charge in [0.25, 0.3) is 11.8 Å². The summed E-state index contributed by atoms with van der Waals surface area (Å²) in [5, 5.41) is 3.04. The fraction of sp³-hybridized carbons (Fsp3) is 0.125. The van der Waals surface area contributed by atoms with E-state index in [1.807, 2.05) is 31.3 Å². The summed E-state index contributed by atoms with van der Waals surface area (Å²) in [5.41, 5.74) is 2.36. The summed E-state index contributed by atoms with van der Waals surface area (Å²) < 4.78 is 5.80. The normalized spacial score (nSPS) is 12.3. The van der Waals surface area contributed by atoms with Gasteiger partial charge in [0.15, 0.2) is 5.78 Å². The zero-order valence-corrected chi connectivity index (χ0v) is 15.9. The molecule has 1 heterocycles. The number of amides is 2. The topological polar surface area (TPSA) is 75.7 Å². The lowest BCUT2D eigenvalue weighted by Gasteiger charge is -2.14. The Morgan fingerprint density at radius 3 is 1.97 bits per heavy atom. The van der Waals surface area contributed by atoms with Gasteiger partial charge in [-0.25, -0.2) is 4.90 Å². The van der Waals surface area contributed by atoms with Crippen LogP contribution < -0.4 is 15.0 Å². The van der Waals surface area contributed by atoms with Crippen molar-refractivity contribution in [3.05, 3.63) is 83.4 Å². The number of rotatable bonds is 5. The highest BCUT2D eigenvalue weighted by Gasteiger charge is 2.37. The molecule has 0 aliphatic carbocycles. The number of benzene rings is 3. The van der Waals surface area contributed by atoms with Gasteiger partial charge in [-0.1, -0.05) is 13.5 Å². The molecule has 0 spiro atoms. The summed E-state index contributed by atoms with van der Waals surface area (Å²) >= 11 is 0. The Kier molecular flexibility index (Phi) is 5.69. The van der Waals surface area contributed by atoms with Crippen LogP contribution in [-0.2, 0) is 0 Å². The summed E-state index contributed by atoms with van der Waals surface area (Å²) in [5.74, 6) is 0.257. The first-order chi connectivity index (χ1) is 14.0. The number of ether oxygens (including phenoxy) is 1. The van der Waals surface area contributed by atoms with E-state index in [9.17, 15) is 14.4 Å². The molecule has 0 unspecified atom stereocenters.